The largest absolute Gasteiger partial charge is 0.493 e. The molecule has 3 aromatic rings. The monoisotopic (exact) mass is 536 g/mol. The third kappa shape index (κ3) is 8.52. The van der Waals surface area contributed by atoms with Crippen LogP contribution in [0.1, 0.15) is 42.9 Å². The van der Waals surface area contributed by atoms with Crippen LogP contribution in [0, 0.1) is 0 Å². The number of amides is 2. The van der Waals surface area contributed by atoms with Crippen LogP contribution < -0.4 is 14.8 Å². The maximum absolute atomic E-state index is 13.8. The van der Waals surface area contributed by atoms with Gasteiger partial charge in [-0.3, -0.25) is 9.59 Å². The summed E-state index contributed by atoms with van der Waals surface area (Å²) >= 11 is 6.10. The maximum atomic E-state index is 13.8. The molecule has 38 heavy (non-hydrogen) atoms. The maximum Gasteiger partial charge on any atom is 0.243 e. The van der Waals surface area contributed by atoms with E-state index in [4.69, 9.17) is 21.1 Å². The number of halogens is 1. The molecule has 0 aliphatic rings. The molecule has 0 radical (unpaired) electrons. The number of nitrogens with one attached hydrogen (secondary N) is 1. The van der Waals surface area contributed by atoms with Crippen LogP contribution in [0.4, 0.5) is 0 Å². The number of aryl methyl sites for hydroxylation is 1. The van der Waals surface area contributed by atoms with Crippen LogP contribution in [0.3, 0.4) is 0 Å². The summed E-state index contributed by atoms with van der Waals surface area (Å²) in [6.07, 6.45) is 3.04. The number of carbonyl (C=O) groups is 2. The average molecular weight is 537 g/mol. The van der Waals surface area contributed by atoms with Crippen molar-refractivity contribution in [2.45, 2.75) is 51.6 Å². The van der Waals surface area contributed by atoms with Gasteiger partial charge in [-0.1, -0.05) is 73.5 Å². The van der Waals surface area contributed by atoms with E-state index in [1.54, 1.807) is 31.3 Å². The van der Waals surface area contributed by atoms with Gasteiger partial charge < -0.3 is 19.7 Å². The molecule has 0 saturated heterocycles. The Labute approximate surface area is 230 Å². The molecule has 6 nitrogen and oxygen atoms in total. The molecular weight excluding hydrogens is 500 g/mol. The van der Waals surface area contributed by atoms with Crippen molar-refractivity contribution < 1.29 is 19.1 Å². The number of rotatable bonds is 14. The molecule has 3 rings (SSSR count). The number of ether oxygens (including phenoxy) is 2. The Bertz CT molecular complexity index is 1170. The summed E-state index contributed by atoms with van der Waals surface area (Å²) in [4.78, 5) is 29.0. The summed E-state index contributed by atoms with van der Waals surface area (Å²) in [5, 5.41) is 3.67. The lowest BCUT2D eigenvalue weighted by Gasteiger charge is -2.32. The van der Waals surface area contributed by atoms with Crippen LogP contribution >= 0.6 is 11.6 Å². The van der Waals surface area contributed by atoms with E-state index >= 15 is 0 Å². The minimum atomic E-state index is -0.650. The second-order valence-electron chi connectivity index (χ2n) is 9.19. The molecule has 2 amide bonds. The first kappa shape index (κ1) is 29.1. The van der Waals surface area contributed by atoms with Crippen molar-refractivity contribution in [2.24, 2.45) is 0 Å². The fourth-order valence-electron chi connectivity index (χ4n) is 4.28. The van der Waals surface area contributed by atoms with Crippen molar-refractivity contribution >= 4 is 23.4 Å². The van der Waals surface area contributed by atoms with E-state index in [1.165, 1.54) is 0 Å². The van der Waals surface area contributed by atoms with Crippen LogP contribution in [0.5, 0.6) is 11.5 Å². The van der Waals surface area contributed by atoms with Gasteiger partial charge >= 0.3 is 0 Å². The highest BCUT2D eigenvalue weighted by Gasteiger charge is 2.30. The molecule has 0 bridgehead atoms. The molecule has 7 heteroatoms. The van der Waals surface area contributed by atoms with Gasteiger partial charge in [-0.15, -0.1) is 0 Å². The topological polar surface area (TPSA) is 67.9 Å². The Morgan fingerprint density at radius 1 is 0.895 bits per heavy atom. The number of nitrogens with zero attached hydrogens (tertiary/aromatic N) is 1. The number of carbonyl (C=O) groups excluding carboxylic acids is 2. The van der Waals surface area contributed by atoms with Crippen molar-refractivity contribution in [1.29, 1.82) is 0 Å². The number of unbranched alkanes of at least 4 members (excludes halogenated alkanes) is 1. The molecule has 3 aromatic carbocycles. The van der Waals surface area contributed by atoms with Gasteiger partial charge in [0, 0.05) is 31.0 Å². The first-order chi connectivity index (χ1) is 18.4. The Morgan fingerprint density at radius 3 is 2.24 bits per heavy atom. The van der Waals surface area contributed by atoms with Gasteiger partial charge in [-0.2, -0.15) is 0 Å². The smallest absolute Gasteiger partial charge is 0.243 e. The van der Waals surface area contributed by atoms with Gasteiger partial charge in [0.1, 0.15) is 6.04 Å². The van der Waals surface area contributed by atoms with E-state index in [2.05, 4.69) is 12.2 Å². The predicted octanol–water partition coefficient (Wildman–Crippen LogP) is 5.85. The van der Waals surface area contributed by atoms with Crippen LogP contribution in [0.2, 0.25) is 5.02 Å². The lowest BCUT2D eigenvalue weighted by atomic mass is 10.0. The summed E-state index contributed by atoms with van der Waals surface area (Å²) in [5.74, 6) is 1.02. The third-order valence-electron chi connectivity index (χ3n) is 6.44. The fourth-order valence-corrected chi connectivity index (χ4v) is 4.40. The molecule has 0 spiro atoms. The molecule has 0 aliphatic carbocycles. The molecule has 0 fully saturated rings. The molecule has 202 valence electrons. The van der Waals surface area contributed by atoms with Gasteiger partial charge in [0.15, 0.2) is 11.5 Å². The summed E-state index contributed by atoms with van der Waals surface area (Å²) in [7, 11) is 3.18. The van der Waals surface area contributed by atoms with Gasteiger partial charge in [0.05, 0.1) is 14.2 Å². The molecule has 1 atom stereocenters. The van der Waals surface area contributed by atoms with E-state index < -0.39 is 6.04 Å². The van der Waals surface area contributed by atoms with E-state index in [1.807, 2.05) is 60.7 Å². The van der Waals surface area contributed by atoms with Crippen LogP contribution in [-0.2, 0) is 29.0 Å². The summed E-state index contributed by atoms with van der Waals surface area (Å²) in [6.45, 7) is 2.97. The summed E-state index contributed by atoms with van der Waals surface area (Å²) < 4.78 is 10.7. The Hall–Kier alpha value is -3.51. The normalized spacial score (nSPS) is 11.5. The first-order valence-corrected chi connectivity index (χ1v) is 13.4. The third-order valence-corrected chi connectivity index (χ3v) is 6.69. The predicted molar refractivity (Wildman–Crippen MR) is 152 cm³/mol. The van der Waals surface area contributed by atoms with Crippen molar-refractivity contribution in [3.8, 4) is 11.5 Å². The van der Waals surface area contributed by atoms with Crippen molar-refractivity contribution in [1.82, 2.24) is 10.2 Å². The number of hydrogen-bond acceptors (Lipinski definition) is 4. The Morgan fingerprint density at radius 2 is 1.58 bits per heavy atom. The van der Waals surface area contributed by atoms with Crippen LogP contribution in [0.25, 0.3) is 0 Å². The SMILES string of the molecule is CCCCNC(=O)[C@@H](Cc1ccccc1)N(Cc1ccc(Cl)cc1)C(=O)CCc1ccc(OC)c(OC)c1. The zero-order valence-electron chi connectivity index (χ0n) is 22.4. The van der Waals surface area contributed by atoms with Crippen LogP contribution in [-0.4, -0.2) is 43.5 Å². The number of hydrogen-bond donors (Lipinski definition) is 1. The minimum Gasteiger partial charge on any atom is -0.493 e. The molecular formula is C31H37ClN2O4. The van der Waals surface area contributed by atoms with Gasteiger partial charge in [-0.05, 0) is 53.8 Å². The number of methoxy groups -OCH3 is 2. The zero-order valence-corrected chi connectivity index (χ0v) is 23.2. The van der Waals surface area contributed by atoms with E-state index in [0.717, 1.165) is 29.5 Å². The molecule has 0 aromatic heterocycles. The van der Waals surface area contributed by atoms with Gasteiger partial charge in [0.2, 0.25) is 11.8 Å². The fraction of sp³-hybridized carbons (Fsp3) is 0.355. The van der Waals surface area contributed by atoms with E-state index in [9.17, 15) is 9.59 Å². The molecule has 0 saturated carbocycles. The minimum absolute atomic E-state index is 0.0960. The van der Waals surface area contributed by atoms with E-state index in [-0.39, 0.29) is 18.2 Å². The average Bonchev–Trinajstić information content (AvgIpc) is 2.95. The Kier molecular flexibility index (Phi) is 11.5. The second kappa shape index (κ2) is 15.0. The number of benzene rings is 3. The van der Waals surface area contributed by atoms with Crippen LogP contribution in [0.15, 0.2) is 72.8 Å². The lowest BCUT2D eigenvalue weighted by Crippen LogP contribution is -2.50. The summed E-state index contributed by atoms with van der Waals surface area (Å²) in [5.41, 5.74) is 2.86. The molecule has 0 aliphatic heterocycles. The Balaban J connectivity index is 1.88. The van der Waals surface area contributed by atoms with Gasteiger partial charge in [-0.25, -0.2) is 0 Å². The lowest BCUT2D eigenvalue weighted by molar-refractivity contribution is -0.141. The van der Waals surface area contributed by atoms with E-state index in [0.29, 0.717) is 42.5 Å². The standard InChI is InChI=1S/C31H37ClN2O4/c1-4-5-19-33-31(36)27(20-23-9-7-6-8-10-23)34(22-25-11-15-26(32)16-12-25)30(35)18-14-24-13-17-28(37-2)29(21-24)38-3/h6-13,15-17,21,27H,4-5,14,18-20,22H2,1-3H3,(H,33,36)/t27-/m1/s1. The molecule has 0 unspecified atom stereocenters. The van der Waals surface area contributed by atoms with Crippen molar-refractivity contribution in [3.63, 3.8) is 0 Å². The molecule has 0 heterocycles. The first-order valence-electron chi connectivity index (χ1n) is 13.0. The zero-order chi connectivity index (χ0) is 27.3. The van der Waals surface area contributed by atoms with Gasteiger partial charge in [0.25, 0.3) is 0 Å². The molecule has 1 N–H and O–H groups in total. The highest BCUT2D eigenvalue weighted by Crippen LogP contribution is 2.28. The van der Waals surface area contributed by atoms with Crippen molar-refractivity contribution in [3.05, 3.63) is 94.5 Å². The second-order valence-corrected chi connectivity index (χ2v) is 9.62. The highest BCUT2D eigenvalue weighted by atomic mass is 35.5. The quantitative estimate of drug-likeness (QED) is 0.263. The highest BCUT2D eigenvalue weighted by molar-refractivity contribution is 6.30. The van der Waals surface area contributed by atoms with Crippen molar-refractivity contribution in [2.75, 3.05) is 20.8 Å². The summed E-state index contributed by atoms with van der Waals surface area (Å²) in [6, 6.07) is 22.2.